The van der Waals surface area contributed by atoms with E-state index in [1.165, 1.54) is 5.56 Å². The molecule has 1 saturated heterocycles. The largest absolute Gasteiger partial charge is 0.339 e. The molecule has 140 valence electrons. The summed E-state index contributed by atoms with van der Waals surface area (Å²) < 4.78 is 2.18. The number of nitriles is 1. The summed E-state index contributed by atoms with van der Waals surface area (Å²) in [4.78, 5) is 23.3. The predicted molar refractivity (Wildman–Crippen MR) is 105 cm³/mol. The number of nitrogens with zero attached hydrogens (tertiary/aromatic N) is 5. The van der Waals surface area contributed by atoms with E-state index in [1.807, 2.05) is 29.4 Å². The van der Waals surface area contributed by atoms with Gasteiger partial charge in [0.25, 0.3) is 5.91 Å². The third-order valence-corrected chi connectivity index (χ3v) is 5.28. The van der Waals surface area contributed by atoms with Gasteiger partial charge in [-0.05, 0) is 42.7 Å². The first-order valence-corrected chi connectivity index (χ1v) is 9.44. The number of aromatic nitrogens is 3. The molecule has 28 heavy (non-hydrogen) atoms. The zero-order valence-corrected chi connectivity index (χ0v) is 15.5. The molecule has 3 heterocycles. The van der Waals surface area contributed by atoms with Crippen LogP contribution >= 0.6 is 0 Å². The highest BCUT2D eigenvalue weighted by molar-refractivity contribution is 5.96. The maximum atomic E-state index is 12.8. The van der Waals surface area contributed by atoms with Crippen molar-refractivity contribution in [2.24, 2.45) is 0 Å². The average Bonchev–Trinajstić information content (AvgIpc) is 3.22. The van der Waals surface area contributed by atoms with Crippen molar-refractivity contribution in [3.63, 3.8) is 0 Å². The molecular formula is C22H21N5O. The summed E-state index contributed by atoms with van der Waals surface area (Å²) >= 11 is 0. The van der Waals surface area contributed by atoms with Crippen molar-refractivity contribution in [1.82, 2.24) is 19.4 Å². The van der Waals surface area contributed by atoms with Crippen molar-refractivity contribution in [3.8, 4) is 6.07 Å². The second-order valence-corrected chi connectivity index (χ2v) is 6.99. The first kappa shape index (κ1) is 17.9. The molecule has 1 amide bonds. The summed E-state index contributed by atoms with van der Waals surface area (Å²) in [5.74, 6) is 1.34. The molecule has 0 spiro atoms. The normalized spacial score (nSPS) is 14.6. The molecule has 0 saturated carbocycles. The van der Waals surface area contributed by atoms with Crippen LogP contribution in [-0.4, -0.2) is 38.4 Å². The van der Waals surface area contributed by atoms with Crippen molar-refractivity contribution < 1.29 is 4.79 Å². The van der Waals surface area contributed by atoms with Crippen molar-refractivity contribution in [1.29, 1.82) is 5.26 Å². The summed E-state index contributed by atoms with van der Waals surface area (Å²) in [5, 5.41) is 9.25. The van der Waals surface area contributed by atoms with Crippen LogP contribution in [-0.2, 0) is 6.54 Å². The predicted octanol–water partition coefficient (Wildman–Crippen LogP) is 3.22. The lowest BCUT2D eigenvalue weighted by Crippen LogP contribution is -2.38. The summed E-state index contributed by atoms with van der Waals surface area (Å²) in [6, 6.07) is 13.1. The Hall–Kier alpha value is -3.46. The molecule has 0 radical (unpaired) electrons. The molecule has 4 rings (SSSR count). The van der Waals surface area contributed by atoms with Crippen molar-refractivity contribution >= 4 is 5.91 Å². The van der Waals surface area contributed by atoms with Gasteiger partial charge in [0, 0.05) is 50.3 Å². The molecule has 2 aromatic heterocycles. The van der Waals surface area contributed by atoms with Crippen LogP contribution in [0.25, 0.3) is 0 Å². The lowest BCUT2D eigenvalue weighted by Gasteiger charge is -2.32. The van der Waals surface area contributed by atoms with Gasteiger partial charge in [-0.25, -0.2) is 4.98 Å². The van der Waals surface area contributed by atoms with E-state index in [-0.39, 0.29) is 5.91 Å². The molecule has 0 unspecified atom stereocenters. The molecule has 0 aliphatic carbocycles. The van der Waals surface area contributed by atoms with E-state index in [0.29, 0.717) is 30.1 Å². The van der Waals surface area contributed by atoms with Crippen LogP contribution in [0.2, 0.25) is 0 Å². The Morgan fingerprint density at radius 2 is 1.86 bits per heavy atom. The minimum atomic E-state index is -0.0595. The summed E-state index contributed by atoms with van der Waals surface area (Å²) in [6.45, 7) is 2.11. The molecule has 1 aliphatic heterocycles. The van der Waals surface area contributed by atoms with Gasteiger partial charge < -0.3 is 9.47 Å². The number of pyridine rings is 1. The number of likely N-dealkylation sites (tertiary alicyclic amines) is 1. The van der Waals surface area contributed by atoms with Gasteiger partial charge in [-0.15, -0.1) is 0 Å². The van der Waals surface area contributed by atoms with Crippen molar-refractivity contribution in [2.45, 2.75) is 25.3 Å². The van der Waals surface area contributed by atoms with Crippen molar-refractivity contribution in [3.05, 3.63) is 83.7 Å². The highest BCUT2D eigenvalue weighted by Crippen LogP contribution is 2.28. The number of hydrogen-bond donors (Lipinski definition) is 0. The van der Waals surface area contributed by atoms with E-state index in [2.05, 4.69) is 20.6 Å². The number of carbonyl (C=O) groups excluding carboxylic acids is 1. The van der Waals surface area contributed by atoms with Gasteiger partial charge in [-0.3, -0.25) is 9.78 Å². The number of hydrogen-bond acceptors (Lipinski definition) is 4. The summed E-state index contributed by atoms with van der Waals surface area (Å²) in [7, 11) is 0. The molecule has 1 aromatic carbocycles. The monoisotopic (exact) mass is 371 g/mol. The molecule has 0 bridgehead atoms. The smallest absolute Gasteiger partial charge is 0.255 e. The number of piperidine rings is 1. The Labute approximate surface area is 164 Å². The van der Waals surface area contributed by atoms with Crippen LogP contribution in [0.3, 0.4) is 0 Å². The first-order chi connectivity index (χ1) is 13.8. The third-order valence-electron chi connectivity index (χ3n) is 5.28. The van der Waals surface area contributed by atoms with Crippen LogP contribution in [0.4, 0.5) is 0 Å². The van der Waals surface area contributed by atoms with Crippen LogP contribution in [0.1, 0.15) is 46.1 Å². The number of benzene rings is 1. The fourth-order valence-corrected chi connectivity index (χ4v) is 3.78. The quantitative estimate of drug-likeness (QED) is 0.706. The topological polar surface area (TPSA) is 74.8 Å². The molecule has 0 N–H and O–H groups in total. The van der Waals surface area contributed by atoms with Gasteiger partial charge >= 0.3 is 0 Å². The maximum absolute atomic E-state index is 12.8. The molecule has 1 aliphatic rings. The Morgan fingerprint density at radius 3 is 2.61 bits per heavy atom. The van der Waals surface area contributed by atoms with Crippen molar-refractivity contribution in [2.75, 3.05) is 13.1 Å². The van der Waals surface area contributed by atoms with Crippen LogP contribution in [0.5, 0.6) is 0 Å². The standard InChI is InChI=1S/C22H21N5O/c23-15-19-3-1-2-4-20(19)22(28)26-12-7-18(8-13-26)21-25-11-14-27(21)16-17-5-9-24-10-6-17/h1-6,9-11,14,18H,7-8,12-13,16H2. The van der Waals surface area contributed by atoms with E-state index < -0.39 is 0 Å². The minimum absolute atomic E-state index is 0.0595. The summed E-state index contributed by atoms with van der Waals surface area (Å²) in [5.41, 5.74) is 2.11. The lowest BCUT2D eigenvalue weighted by molar-refractivity contribution is 0.0710. The average molecular weight is 371 g/mol. The number of amides is 1. The Balaban J connectivity index is 1.43. The highest BCUT2D eigenvalue weighted by Gasteiger charge is 2.27. The van der Waals surface area contributed by atoms with E-state index in [4.69, 9.17) is 0 Å². The zero-order chi connectivity index (χ0) is 19.3. The van der Waals surface area contributed by atoms with Crippen LogP contribution in [0, 0.1) is 11.3 Å². The SMILES string of the molecule is N#Cc1ccccc1C(=O)N1CCC(c2nccn2Cc2ccncc2)CC1. The Morgan fingerprint density at radius 1 is 1.11 bits per heavy atom. The molecule has 0 atom stereocenters. The fourth-order valence-electron chi connectivity index (χ4n) is 3.78. The van der Waals surface area contributed by atoms with Gasteiger partial charge in [0.15, 0.2) is 0 Å². The maximum Gasteiger partial charge on any atom is 0.255 e. The van der Waals surface area contributed by atoms with E-state index in [1.54, 1.807) is 36.7 Å². The molecular weight excluding hydrogens is 350 g/mol. The first-order valence-electron chi connectivity index (χ1n) is 9.44. The number of imidazole rings is 1. The number of rotatable bonds is 4. The third kappa shape index (κ3) is 3.65. The van der Waals surface area contributed by atoms with Gasteiger partial charge in [0.1, 0.15) is 5.82 Å². The second-order valence-electron chi connectivity index (χ2n) is 6.99. The Bertz CT molecular complexity index is 997. The molecule has 3 aromatic rings. The number of carbonyl (C=O) groups is 1. The Kier molecular flexibility index (Phi) is 5.16. The van der Waals surface area contributed by atoms with Gasteiger partial charge in [-0.1, -0.05) is 12.1 Å². The van der Waals surface area contributed by atoms with Crippen LogP contribution < -0.4 is 0 Å². The highest BCUT2D eigenvalue weighted by atomic mass is 16.2. The zero-order valence-electron chi connectivity index (χ0n) is 15.5. The van der Waals surface area contributed by atoms with Crippen LogP contribution in [0.15, 0.2) is 61.2 Å². The second kappa shape index (κ2) is 8.05. The van der Waals surface area contributed by atoms with E-state index >= 15 is 0 Å². The minimum Gasteiger partial charge on any atom is -0.339 e. The van der Waals surface area contributed by atoms with E-state index in [9.17, 15) is 10.1 Å². The fraction of sp³-hybridized carbons (Fsp3) is 0.273. The summed E-state index contributed by atoms with van der Waals surface area (Å²) in [6.07, 6.45) is 9.19. The van der Waals surface area contributed by atoms with E-state index in [0.717, 1.165) is 25.2 Å². The molecule has 1 fully saturated rings. The lowest BCUT2D eigenvalue weighted by atomic mass is 9.95. The molecule has 6 heteroatoms. The molecule has 6 nitrogen and oxygen atoms in total. The van der Waals surface area contributed by atoms with Gasteiger partial charge in [0.05, 0.1) is 17.2 Å². The van der Waals surface area contributed by atoms with Gasteiger partial charge in [-0.2, -0.15) is 5.26 Å². The van der Waals surface area contributed by atoms with Gasteiger partial charge in [0.2, 0.25) is 0 Å².